The Morgan fingerprint density at radius 2 is 1.95 bits per heavy atom. The first kappa shape index (κ1) is 12.2. The molecule has 0 radical (unpaired) electrons. The second kappa shape index (κ2) is 5.01. The summed E-state index contributed by atoms with van der Waals surface area (Å²) in [4.78, 5) is 4.23. The van der Waals surface area contributed by atoms with Crippen molar-refractivity contribution in [3.05, 3.63) is 47.2 Å². The average Bonchev–Trinajstić information content (AvgIpc) is 2.81. The second-order valence-electron chi connectivity index (χ2n) is 4.03. The third kappa shape index (κ3) is 2.33. The Hall–Kier alpha value is -1.88. The van der Waals surface area contributed by atoms with E-state index in [1.165, 1.54) is 0 Å². The topological polar surface area (TPSA) is 39.4 Å². The number of hydrogen-bond donors (Lipinski definition) is 0. The number of ether oxygens (including phenoxy) is 1. The zero-order chi connectivity index (χ0) is 13.2. The molecule has 1 aromatic carbocycles. The van der Waals surface area contributed by atoms with Gasteiger partial charge in [-0.15, -0.1) is 0 Å². The number of halogens is 1. The number of imidazole rings is 1. The fraction of sp³-hybridized carbons (Fsp3) is 0.143. The maximum atomic E-state index is 5.43. The van der Waals surface area contributed by atoms with Crippen LogP contribution in [-0.4, -0.2) is 21.2 Å². The average molecular weight is 318 g/mol. The van der Waals surface area contributed by atoms with Crippen LogP contribution < -0.4 is 4.74 Å². The molecular formula is C14H12BrN3O. The molecule has 0 saturated carbocycles. The van der Waals surface area contributed by atoms with E-state index in [0.717, 1.165) is 27.3 Å². The fourth-order valence-corrected chi connectivity index (χ4v) is 2.25. The Kier molecular flexibility index (Phi) is 3.21. The van der Waals surface area contributed by atoms with Crippen LogP contribution in [0.5, 0.6) is 5.75 Å². The van der Waals surface area contributed by atoms with Crippen molar-refractivity contribution in [2.75, 3.05) is 6.61 Å². The van der Waals surface area contributed by atoms with Crippen molar-refractivity contribution >= 4 is 21.6 Å². The van der Waals surface area contributed by atoms with Crippen LogP contribution in [0.25, 0.3) is 16.9 Å². The Morgan fingerprint density at radius 3 is 2.68 bits per heavy atom. The van der Waals surface area contributed by atoms with Crippen molar-refractivity contribution in [2.24, 2.45) is 0 Å². The summed E-state index contributed by atoms with van der Waals surface area (Å²) in [6.45, 7) is 2.64. The summed E-state index contributed by atoms with van der Waals surface area (Å²) >= 11 is 3.42. The first-order valence-electron chi connectivity index (χ1n) is 6.01. The molecule has 2 aromatic heterocycles. The van der Waals surface area contributed by atoms with Gasteiger partial charge in [0.15, 0.2) is 5.65 Å². The Morgan fingerprint density at radius 1 is 1.16 bits per heavy atom. The molecule has 3 rings (SSSR count). The second-order valence-corrected chi connectivity index (χ2v) is 4.84. The molecule has 0 fully saturated rings. The zero-order valence-corrected chi connectivity index (χ0v) is 12.0. The molecule has 2 heterocycles. The molecule has 96 valence electrons. The minimum atomic E-state index is 0.672. The molecule has 0 unspecified atom stereocenters. The smallest absolute Gasteiger partial charge is 0.154 e. The van der Waals surface area contributed by atoms with E-state index in [-0.39, 0.29) is 0 Å². The van der Waals surface area contributed by atoms with Gasteiger partial charge in [-0.2, -0.15) is 5.10 Å². The van der Waals surface area contributed by atoms with Crippen molar-refractivity contribution in [2.45, 2.75) is 6.92 Å². The highest BCUT2D eigenvalue weighted by Crippen LogP contribution is 2.22. The van der Waals surface area contributed by atoms with E-state index in [1.807, 2.05) is 43.3 Å². The summed E-state index contributed by atoms with van der Waals surface area (Å²) in [6, 6.07) is 11.8. The van der Waals surface area contributed by atoms with Gasteiger partial charge in [-0.3, -0.25) is 0 Å². The Bertz CT molecular complexity index is 706. The number of rotatable bonds is 3. The summed E-state index contributed by atoms with van der Waals surface area (Å²) in [5.74, 6) is 0.871. The lowest BCUT2D eigenvalue weighted by atomic mass is 10.1. The highest BCUT2D eigenvalue weighted by atomic mass is 79.9. The van der Waals surface area contributed by atoms with Crippen LogP contribution in [0.15, 0.2) is 47.2 Å². The molecule has 0 N–H and O–H groups in total. The first-order chi connectivity index (χ1) is 9.28. The molecule has 0 aliphatic rings. The quantitative estimate of drug-likeness (QED) is 0.741. The number of benzene rings is 1. The van der Waals surface area contributed by atoms with Gasteiger partial charge in [0.2, 0.25) is 0 Å². The van der Waals surface area contributed by atoms with Crippen LogP contribution in [0, 0.1) is 0 Å². The van der Waals surface area contributed by atoms with Gasteiger partial charge in [0.1, 0.15) is 10.4 Å². The van der Waals surface area contributed by atoms with Crippen molar-refractivity contribution in [1.82, 2.24) is 14.6 Å². The largest absolute Gasteiger partial charge is 0.494 e. The molecular weight excluding hydrogens is 306 g/mol. The Labute approximate surface area is 119 Å². The summed E-state index contributed by atoms with van der Waals surface area (Å²) in [5.41, 5.74) is 2.77. The number of nitrogens with zero attached hydrogens (tertiary/aromatic N) is 3. The van der Waals surface area contributed by atoms with Gasteiger partial charge in [-0.05, 0) is 59.3 Å². The standard InChI is InChI=1S/C14H12BrN3O/c1-2-19-11-5-3-10(4-6-11)12-7-8-14-16-9-13(15)18(14)17-12/h3-9H,2H2,1H3. The van der Waals surface area contributed by atoms with Crippen LogP contribution >= 0.6 is 15.9 Å². The molecule has 3 aromatic rings. The molecule has 0 bridgehead atoms. The van der Waals surface area contributed by atoms with E-state index >= 15 is 0 Å². The maximum Gasteiger partial charge on any atom is 0.154 e. The van der Waals surface area contributed by atoms with Crippen LogP contribution in [-0.2, 0) is 0 Å². The van der Waals surface area contributed by atoms with Gasteiger partial charge in [-0.25, -0.2) is 9.50 Å². The normalized spacial score (nSPS) is 10.8. The van der Waals surface area contributed by atoms with E-state index in [1.54, 1.807) is 10.7 Å². The summed E-state index contributed by atoms with van der Waals surface area (Å²) in [6.07, 6.45) is 1.74. The van der Waals surface area contributed by atoms with Gasteiger partial charge in [-0.1, -0.05) is 0 Å². The SMILES string of the molecule is CCOc1ccc(-c2ccc3ncc(Br)n3n2)cc1. The minimum Gasteiger partial charge on any atom is -0.494 e. The fourth-order valence-electron chi connectivity index (χ4n) is 1.89. The van der Waals surface area contributed by atoms with E-state index in [4.69, 9.17) is 4.74 Å². The summed E-state index contributed by atoms with van der Waals surface area (Å²) in [7, 11) is 0. The van der Waals surface area contributed by atoms with Gasteiger partial charge in [0.05, 0.1) is 18.5 Å². The van der Waals surface area contributed by atoms with Crippen LogP contribution in [0.1, 0.15) is 6.92 Å². The summed E-state index contributed by atoms with van der Waals surface area (Å²) < 4.78 is 8.04. The van der Waals surface area contributed by atoms with Gasteiger partial charge in [0.25, 0.3) is 0 Å². The number of aromatic nitrogens is 3. The highest BCUT2D eigenvalue weighted by Gasteiger charge is 2.05. The molecule has 19 heavy (non-hydrogen) atoms. The van der Waals surface area contributed by atoms with Crippen LogP contribution in [0.2, 0.25) is 0 Å². The molecule has 0 aliphatic carbocycles. The van der Waals surface area contributed by atoms with Gasteiger partial charge < -0.3 is 4.74 Å². The van der Waals surface area contributed by atoms with Crippen molar-refractivity contribution < 1.29 is 4.74 Å². The van der Waals surface area contributed by atoms with Crippen molar-refractivity contribution in [1.29, 1.82) is 0 Å². The minimum absolute atomic E-state index is 0.672. The third-order valence-corrected chi connectivity index (χ3v) is 3.32. The van der Waals surface area contributed by atoms with Crippen molar-refractivity contribution in [3.8, 4) is 17.0 Å². The van der Waals surface area contributed by atoms with Crippen LogP contribution in [0.4, 0.5) is 0 Å². The lowest BCUT2D eigenvalue weighted by Crippen LogP contribution is -1.95. The molecule has 4 nitrogen and oxygen atoms in total. The predicted molar refractivity (Wildman–Crippen MR) is 77.3 cm³/mol. The third-order valence-electron chi connectivity index (χ3n) is 2.78. The van der Waals surface area contributed by atoms with E-state index < -0.39 is 0 Å². The van der Waals surface area contributed by atoms with Crippen LogP contribution in [0.3, 0.4) is 0 Å². The molecule has 0 atom stereocenters. The molecule has 0 saturated heterocycles. The van der Waals surface area contributed by atoms with E-state index in [2.05, 4.69) is 26.0 Å². The molecule has 0 aliphatic heterocycles. The predicted octanol–water partition coefficient (Wildman–Crippen LogP) is 3.56. The highest BCUT2D eigenvalue weighted by molar-refractivity contribution is 9.10. The number of hydrogen-bond acceptors (Lipinski definition) is 3. The van der Waals surface area contributed by atoms with Crippen molar-refractivity contribution in [3.63, 3.8) is 0 Å². The lowest BCUT2D eigenvalue weighted by Gasteiger charge is -2.05. The van der Waals surface area contributed by atoms with Gasteiger partial charge >= 0.3 is 0 Å². The lowest BCUT2D eigenvalue weighted by molar-refractivity contribution is 0.340. The monoisotopic (exact) mass is 317 g/mol. The molecule has 5 heteroatoms. The molecule has 0 spiro atoms. The zero-order valence-electron chi connectivity index (χ0n) is 10.4. The maximum absolute atomic E-state index is 5.43. The van der Waals surface area contributed by atoms with E-state index in [9.17, 15) is 0 Å². The Balaban J connectivity index is 2.00. The first-order valence-corrected chi connectivity index (χ1v) is 6.81. The van der Waals surface area contributed by atoms with Gasteiger partial charge in [0, 0.05) is 5.56 Å². The molecule has 0 amide bonds. The van der Waals surface area contributed by atoms with E-state index in [0.29, 0.717) is 6.61 Å². The number of fused-ring (bicyclic) bond motifs is 1. The summed E-state index contributed by atoms with van der Waals surface area (Å²) in [5, 5.41) is 4.55.